The van der Waals surface area contributed by atoms with Crippen LogP contribution in [0, 0.1) is 6.92 Å². The van der Waals surface area contributed by atoms with E-state index in [-0.39, 0.29) is 5.56 Å². The first kappa shape index (κ1) is 20.3. The van der Waals surface area contributed by atoms with Gasteiger partial charge < -0.3 is 9.47 Å². The van der Waals surface area contributed by atoms with Gasteiger partial charge in [0.25, 0.3) is 5.56 Å². The molecule has 0 saturated heterocycles. The Labute approximate surface area is 182 Å². The van der Waals surface area contributed by atoms with Gasteiger partial charge in [-0.1, -0.05) is 29.4 Å². The molecule has 30 heavy (non-hydrogen) atoms. The molecule has 0 atom stereocenters. The number of nitrogens with one attached hydrogen (secondary N) is 1. The van der Waals surface area contributed by atoms with Gasteiger partial charge in [-0.2, -0.15) is 0 Å². The SMILES string of the molecule is COc1ccc(-c2nc(SCCOc3ccc(C)c(Cl)c3)n3[nH]c(=O)cc3n2)cc1. The molecule has 7 nitrogen and oxygen atoms in total. The highest BCUT2D eigenvalue weighted by atomic mass is 35.5. The molecule has 1 N–H and O–H groups in total. The third kappa shape index (κ3) is 4.44. The third-order valence-electron chi connectivity index (χ3n) is 4.40. The molecule has 154 valence electrons. The van der Waals surface area contributed by atoms with Crippen molar-refractivity contribution >= 4 is 29.0 Å². The first-order valence-electron chi connectivity index (χ1n) is 9.19. The van der Waals surface area contributed by atoms with Crippen LogP contribution >= 0.6 is 23.4 Å². The zero-order valence-corrected chi connectivity index (χ0v) is 18.0. The molecule has 9 heteroatoms. The normalized spacial score (nSPS) is 11.0. The number of nitrogens with zero attached hydrogens (tertiary/aromatic N) is 3. The standard InChI is InChI=1S/C21H19ClN4O3S/c1-13-3-6-16(11-17(13)22)29-9-10-30-21-24-20(14-4-7-15(28-2)8-5-14)23-18-12-19(27)25-26(18)21/h3-8,11-12H,9-10H2,1-2H3,(H,25,27). The minimum Gasteiger partial charge on any atom is -0.497 e. The van der Waals surface area contributed by atoms with Crippen LogP contribution in [-0.2, 0) is 0 Å². The average molecular weight is 443 g/mol. The van der Waals surface area contributed by atoms with E-state index in [0.717, 1.165) is 16.9 Å². The number of rotatable bonds is 7. The zero-order chi connectivity index (χ0) is 21.1. The molecule has 0 radical (unpaired) electrons. The molecule has 0 spiro atoms. The molecular formula is C21H19ClN4O3S. The molecule has 4 rings (SSSR count). The number of thioether (sulfide) groups is 1. The molecule has 0 aliphatic rings. The monoisotopic (exact) mass is 442 g/mol. The quantitative estimate of drug-likeness (QED) is 0.341. The molecule has 4 aromatic rings. The number of aromatic amines is 1. The molecule has 0 saturated carbocycles. The fraction of sp³-hybridized carbons (Fsp3) is 0.190. The van der Waals surface area contributed by atoms with Crippen molar-refractivity contribution in [1.82, 2.24) is 19.6 Å². The maximum absolute atomic E-state index is 11.8. The maximum atomic E-state index is 11.8. The summed E-state index contributed by atoms with van der Waals surface area (Å²) in [6, 6.07) is 14.5. The molecule has 2 heterocycles. The summed E-state index contributed by atoms with van der Waals surface area (Å²) in [5, 5.41) is 4.03. The van der Waals surface area contributed by atoms with Crippen LogP contribution in [0.15, 0.2) is 58.5 Å². The van der Waals surface area contributed by atoms with Crippen molar-refractivity contribution in [3.05, 3.63) is 69.5 Å². The van der Waals surface area contributed by atoms with E-state index in [9.17, 15) is 4.79 Å². The second-order valence-corrected chi connectivity index (χ2v) is 7.95. The van der Waals surface area contributed by atoms with E-state index in [1.807, 2.05) is 43.3 Å². The van der Waals surface area contributed by atoms with Crippen molar-refractivity contribution in [2.24, 2.45) is 0 Å². The van der Waals surface area contributed by atoms with E-state index in [2.05, 4.69) is 15.1 Å². The molecule has 0 aliphatic heterocycles. The lowest BCUT2D eigenvalue weighted by atomic mass is 10.2. The van der Waals surface area contributed by atoms with Crippen molar-refractivity contribution in [1.29, 1.82) is 0 Å². The van der Waals surface area contributed by atoms with Gasteiger partial charge in [0.1, 0.15) is 11.5 Å². The van der Waals surface area contributed by atoms with Gasteiger partial charge in [0, 0.05) is 22.4 Å². The van der Waals surface area contributed by atoms with Gasteiger partial charge in [-0.3, -0.25) is 9.89 Å². The summed E-state index contributed by atoms with van der Waals surface area (Å²) in [7, 11) is 1.62. The van der Waals surface area contributed by atoms with E-state index < -0.39 is 0 Å². The van der Waals surface area contributed by atoms with Crippen LogP contribution in [0.25, 0.3) is 17.0 Å². The largest absolute Gasteiger partial charge is 0.497 e. The smallest absolute Gasteiger partial charge is 0.266 e. The molecule has 0 fully saturated rings. The van der Waals surface area contributed by atoms with E-state index in [1.54, 1.807) is 17.7 Å². The second-order valence-electron chi connectivity index (χ2n) is 6.48. The summed E-state index contributed by atoms with van der Waals surface area (Å²) in [5.41, 5.74) is 2.11. The van der Waals surface area contributed by atoms with Crippen LogP contribution in [0.2, 0.25) is 5.02 Å². The number of hydrogen-bond acceptors (Lipinski definition) is 6. The van der Waals surface area contributed by atoms with E-state index >= 15 is 0 Å². The number of ether oxygens (including phenoxy) is 2. The van der Waals surface area contributed by atoms with Crippen molar-refractivity contribution in [3.63, 3.8) is 0 Å². The Kier molecular flexibility index (Phi) is 5.96. The lowest BCUT2D eigenvalue weighted by Gasteiger charge is -2.09. The molecule has 2 aromatic heterocycles. The highest BCUT2D eigenvalue weighted by Crippen LogP contribution is 2.24. The second kappa shape index (κ2) is 8.81. The molecular weight excluding hydrogens is 424 g/mol. The fourth-order valence-corrected chi connectivity index (χ4v) is 3.74. The Balaban J connectivity index is 1.53. The van der Waals surface area contributed by atoms with Crippen molar-refractivity contribution in [3.8, 4) is 22.9 Å². The van der Waals surface area contributed by atoms with Gasteiger partial charge in [0.2, 0.25) is 0 Å². The molecule has 0 bridgehead atoms. The van der Waals surface area contributed by atoms with Gasteiger partial charge in [0.05, 0.1) is 13.7 Å². The van der Waals surface area contributed by atoms with Crippen LogP contribution in [0.3, 0.4) is 0 Å². The summed E-state index contributed by atoms with van der Waals surface area (Å²) in [5.74, 6) is 2.62. The fourth-order valence-electron chi connectivity index (χ4n) is 2.81. The number of benzene rings is 2. The summed E-state index contributed by atoms with van der Waals surface area (Å²) in [4.78, 5) is 21.0. The molecule has 2 aromatic carbocycles. The van der Waals surface area contributed by atoms with Gasteiger partial charge in [-0.05, 0) is 48.9 Å². The summed E-state index contributed by atoms with van der Waals surface area (Å²) < 4.78 is 12.6. The highest BCUT2D eigenvalue weighted by molar-refractivity contribution is 7.99. The predicted molar refractivity (Wildman–Crippen MR) is 118 cm³/mol. The Morgan fingerprint density at radius 2 is 1.87 bits per heavy atom. The summed E-state index contributed by atoms with van der Waals surface area (Å²) in [6.45, 7) is 2.40. The van der Waals surface area contributed by atoms with Gasteiger partial charge in [-0.15, -0.1) is 0 Å². The van der Waals surface area contributed by atoms with E-state index in [0.29, 0.717) is 39.8 Å². The number of halogens is 1. The van der Waals surface area contributed by atoms with Crippen LogP contribution in [-0.4, -0.2) is 39.1 Å². The van der Waals surface area contributed by atoms with E-state index in [4.69, 9.17) is 21.1 Å². The Bertz CT molecular complexity index is 1240. The van der Waals surface area contributed by atoms with Crippen LogP contribution < -0.4 is 15.0 Å². The average Bonchev–Trinajstić information content (AvgIpc) is 3.14. The minimum absolute atomic E-state index is 0.233. The lowest BCUT2D eigenvalue weighted by molar-refractivity contribution is 0.344. The van der Waals surface area contributed by atoms with Crippen LogP contribution in [0.4, 0.5) is 0 Å². The van der Waals surface area contributed by atoms with Crippen LogP contribution in [0.5, 0.6) is 11.5 Å². The number of methoxy groups -OCH3 is 1. The van der Waals surface area contributed by atoms with Gasteiger partial charge >= 0.3 is 0 Å². The van der Waals surface area contributed by atoms with E-state index in [1.165, 1.54) is 17.8 Å². The van der Waals surface area contributed by atoms with Crippen molar-refractivity contribution < 1.29 is 9.47 Å². The summed E-state index contributed by atoms with van der Waals surface area (Å²) in [6.07, 6.45) is 0. The topological polar surface area (TPSA) is 81.5 Å². The molecule has 0 amide bonds. The van der Waals surface area contributed by atoms with Crippen molar-refractivity contribution in [2.45, 2.75) is 12.1 Å². The number of aryl methyl sites for hydroxylation is 1. The Hall–Kier alpha value is -2.97. The van der Waals surface area contributed by atoms with Gasteiger partial charge in [-0.25, -0.2) is 14.5 Å². The Morgan fingerprint density at radius 1 is 1.10 bits per heavy atom. The predicted octanol–water partition coefficient (Wildman–Crippen LogP) is 4.23. The third-order valence-corrected chi connectivity index (χ3v) is 5.71. The molecule has 0 unspecified atom stereocenters. The van der Waals surface area contributed by atoms with Crippen LogP contribution in [0.1, 0.15) is 5.56 Å². The molecule has 0 aliphatic carbocycles. The number of hydrogen-bond donors (Lipinski definition) is 1. The number of H-pyrrole nitrogens is 1. The van der Waals surface area contributed by atoms with Crippen molar-refractivity contribution in [2.75, 3.05) is 19.5 Å². The lowest BCUT2D eigenvalue weighted by Crippen LogP contribution is -2.07. The first-order valence-corrected chi connectivity index (χ1v) is 10.6. The Morgan fingerprint density at radius 3 is 2.60 bits per heavy atom. The number of aromatic nitrogens is 4. The van der Waals surface area contributed by atoms with Gasteiger partial charge in [0.15, 0.2) is 16.6 Å². The number of fused-ring (bicyclic) bond motifs is 1. The minimum atomic E-state index is -0.233. The maximum Gasteiger partial charge on any atom is 0.266 e. The summed E-state index contributed by atoms with van der Waals surface area (Å²) >= 11 is 7.60. The zero-order valence-electron chi connectivity index (χ0n) is 16.4. The highest BCUT2D eigenvalue weighted by Gasteiger charge is 2.12. The first-order chi connectivity index (χ1) is 14.5.